The van der Waals surface area contributed by atoms with E-state index in [0.29, 0.717) is 29.5 Å². The molecular weight excluding hydrogens is 725 g/mol. The molecule has 2 heterocycles. The van der Waals surface area contributed by atoms with Crippen LogP contribution in [-0.2, 0) is 51.8 Å². The number of alkyl carbamates (subject to hydrolysis) is 1. The van der Waals surface area contributed by atoms with Crippen molar-refractivity contribution < 1.29 is 51.0 Å². The van der Waals surface area contributed by atoms with Gasteiger partial charge in [-0.2, -0.15) is 0 Å². The third-order valence-electron chi connectivity index (χ3n) is 10.1. The fourth-order valence-electron chi connectivity index (χ4n) is 6.66. The van der Waals surface area contributed by atoms with E-state index >= 15 is 0 Å². The number of carbonyl (C=O) groups excluding carboxylic acids is 6. The van der Waals surface area contributed by atoms with Crippen molar-refractivity contribution in [3.63, 3.8) is 0 Å². The third-order valence-corrected chi connectivity index (χ3v) is 11.9. The van der Waals surface area contributed by atoms with Crippen molar-refractivity contribution in [1.82, 2.24) is 25.2 Å². The molecule has 4 aliphatic rings. The Morgan fingerprint density at radius 3 is 2.43 bits per heavy atom. The fourth-order valence-corrected chi connectivity index (χ4v) is 8.03. The van der Waals surface area contributed by atoms with E-state index in [9.17, 15) is 41.6 Å². The Morgan fingerprint density at radius 2 is 1.83 bits per heavy atom. The molecule has 5 atom stereocenters. The Bertz CT molecular complexity index is 1870. The number of likely N-dealkylation sites (tertiary alicyclic amines) is 1. The molecular formula is C37H48FN5O10S. The maximum absolute atomic E-state index is 14.4. The van der Waals surface area contributed by atoms with Gasteiger partial charge in [0.05, 0.1) is 18.3 Å². The molecule has 1 saturated heterocycles. The lowest BCUT2D eigenvalue weighted by Crippen LogP contribution is -2.58. The minimum Gasteiger partial charge on any atom is -0.444 e. The van der Waals surface area contributed by atoms with E-state index in [0.717, 1.165) is 4.90 Å². The van der Waals surface area contributed by atoms with E-state index in [1.54, 1.807) is 46.8 Å². The molecule has 3 N–H and O–H groups in total. The molecule has 2 aliphatic carbocycles. The van der Waals surface area contributed by atoms with Crippen LogP contribution in [0.2, 0.25) is 0 Å². The van der Waals surface area contributed by atoms with Crippen LogP contribution in [0.25, 0.3) is 0 Å². The zero-order valence-electron chi connectivity index (χ0n) is 31.1. The van der Waals surface area contributed by atoms with Gasteiger partial charge in [0.25, 0.3) is 5.91 Å². The van der Waals surface area contributed by atoms with Crippen LogP contribution in [0, 0.1) is 11.7 Å². The van der Waals surface area contributed by atoms with Crippen molar-refractivity contribution in [2.24, 2.45) is 5.92 Å². The van der Waals surface area contributed by atoms with Crippen molar-refractivity contribution in [2.45, 2.75) is 121 Å². The third kappa shape index (κ3) is 9.10. The smallest absolute Gasteiger partial charge is 0.410 e. The molecule has 5 amide bonds. The summed E-state index contributed by atoms with van der Waals surface area (Å²) in [6, 6.07) is 1.79. The number of fused-ring (bicyclic) bond motifs is 1. The number of hydrogen-bond acceptors (Lipinski definition) is 10. The quantitative estimate of drug-likeness (QED) is 0.198. The lowest BCUT2D eigenvalue weighted by molar-refractivity contribution is -0.141. The van der Waals surface area contributed by atoms with E-state index in [1.165, 1.54) is 23.1 Å². The number of amides is 5. The molecule has 1 aromatic carbocycles. The summed E-state index contributed by atoms with van der Waals surface area (Å²) in [7, 11) is -3.97. The van der Waals surface area contributed by atoms with E-state index in [2.05, 4.69) is 21.9 Å². The van der Waals surface area contributed by atoms with E-state index in [1.807, 2.05) is 0 Å². The molecule has 17 heteroatoms. The number of allylic oxidation sites excluding steroid dienone is 2. The van der Waals surface area contributed by atoms with Crippen LogP contribution in [0.4, 0.5) is 14.0 Å². The van der Waals surface area contributed by atoms with Crippen LogP contribution in [0.15, 0.2) is 42.5 Å². The van der Waals surface area contributed by atoms with Gasteiger partial charge in [-0.15, -0.1) is 6.58 Å². The van der Waals surface area contributed by atoms with Gasteiger partial charge in [0.2, 0.25) is 21.8 Å². The highest BCUT2D eigenvalue weighted by atomic mass is 32.2. The van der Waals surface area contributed by atoms with Gasteiger partial charge in [-0.25, -0.2) is 22.4 Å². The highest BCUT2D eigenvalue weighted by Crippen LogP contribution is 2.45. The molecule has 1 aromatic rings. The Hall–Kier alpha value is -4.80. The van der Waals surface area contributed by atoms with Crippen LogP contribution in [-0.4, -0.2) is 95.0 Å². The number of sulfonamides is 1. The molecule has 2 saturated carbocycles. The van der Waals surface area contributed by atoms with Crippen LogP contribution in [0.3, 0.4) is 0 Å². The summed E-state index contributed by atoms with van der Waals surface area (Å²) in [5.74, 6) is -3.91. The monoisotopic (exact) mass is 773 g/mol. The summed E-state index contributed by atoms with van der Waals surface area (Å²) >= 11 is 0. The number of hydrogen-bond donors (Lipinski definition) is 3. The van der Waals surface area contributed by atoms with Gasteiger partial charge < -0.3 is 25.0 Å². The predicted octanol–water partition coefficient (Wildman–Crippen LogP) is 3.13. The summed E-state index contributed by atoms with van der Waals surface area (Å²) in [6.07, 6.45) is 0.544. The van der Waals surface area contributed by atoms with Crippen molar-refractivity contribution in [3.8, 4) is 0 Å². The molecule has 0 bridgehead atoms. The first-order valence-electron chi connectivity index (χ1n) is 18.0. The van der Waals surface area contributed by atoms with Gasteiger partial charge in [0, 0.05) is 30.9 Å². The number of benzene rings is 1. The normalized spacial score (nSPS) is 24.2. The van der Waals surface area contributed by atoms with Gasteiger partial charge in [-0.3, -0.25) is 28.8 Å². The van der Waals surface area contributed by atoms with Crippen LogP contribution < -0.4 is 15.4 Å². The lowest BCUT2D eigenvalue weighted by Gasteiger charge is -2.30. The number of rotatable bonds is 13. The number of Topliss-reactive ketones (excluding diaryl/α,β-unsaturated/α-hetero) is 1. The SMILES string of the molecule is C=C[C@@H]1C[C@]1(NC(=O)[C@@H]1C[C@@H](OC(=O)N2Cc3cccc(F)c3C2)CN1C(=O)[C@H](CCC(=O)/C(C)=C/C)NC(=O)OC(C)(C)C)C(=O)NS(=O)(=O)C1CC1. The molecule has 5 rings (SSSR count). The number of carbonyl (C=O) groups is 6. The minimum atomic E-state index is -3.97. The summed E-state index contributed by atoms with van der Waals surface area (Å²) in [5.41, 5.74) is -1.19. The number of nitrogens with one attached hydrogen (secondary N) is 3. The molecule has 54 heavy (non-hydrogen) atoms. The maximum atomic E-state index is 14.4. The fraction of sp³-hybridized carbons (Fsp3) is 0.568. The zero-order chi connectivity index (χ0) is 39.7. The molecule has 2 aliphatic heterocycles. The van der Waals surface area contributed by atoms with Crippen molar-refractivity contribution in [1.29, 1.82) is 0 Å². The maximum Gasteiger partial charge on any atom is 0.410 e. The van der Waals surface area contributed by atoms with Crippen LogP contribution >= 0.6 is 0 Å². The van der Waals surface area contributed by atoms with E-state index < -0.39 is 86.2 Å². The molecule has 0 aromatic heterocycles. The second-order valence-corrected chi connectivity index (χ2v) is 17.3. The highest BCUT2D eigenvalue weighted by Gasteiger charge is 2.62. The Labute approximate surface area is 314 Å². The molecule has 0 radical (unpaired) electrons. The molecule has 0 unspecified atom stereocenters. The first-order chi connectivity index (χ1) is 25.3. The number of halogens is 1. The van der Waals surface area contributed by atoms with Crippen LogP contribution in [0.5, 0.6) is 0 Å². The summed E-state index contributed by atoms with van der Waals surface area (Å²) in [5, 5.41) is 4.48. The minimum absolute atomic E-state index is 0.0496. The average Bonchev–Trinajstić information content (AvgIpc) is 3.99. The first kappa shape index (κ1) is 40.4. The van der Waals surface area contributed by atoms with Gasteiger partial charge >= 0.3 is 12.2 Å². The Balaban J connectivity index is 1.39. The van der Waals surface area contributed by atoms with E-state index in [-0.39, 0.29) is 51.1 Å². The molecule has 294 valence electrons. The van der Waals surface area contributed by atoms with E-state index in [4.69, 9.17) is 9.47 Å². The van der Waals surface area contributed by atoms with Gasteiger partial charge in [0.15, 0.2) is 5.78 Å². The first-order valence-corrected chi connectivity index (χ1v) is 19.5. The Kier molecular flexibility index (Phi) is 11.6. The highest BCUT2D eigenvalue weighted by molar-refractivity contribution is 7.91. The van der Waals surface area contributed by atoms with Crippen molar-refractivity contribution in [2.75, 3.05) is 6.54 Å². The number of ketones is 1. The second kappa shape index (κ2) is 15.5. The van der Waals surface area contributed by atoms with Crippen molar-refractivity contribution in [3.05, 3.63) is 59.4 Å². The molecule has 15 nitrogen and oxygen atoms in total. The summed E-state index contributed by atoms with van der Waals surface area (Å²) < 4.78 is 53.0. The predicted molar refractivity (Wildman–Crippen MR) is 192 cm³/mol. The summed E-state index contributed by atoms with van der Waals surface area (Å²) in [4.78, 5) is 83.4. The van der Waals surface area contributed by atoms with Crippen LogP contribution in [0.1, 0.15) is 84.3 Å². The van der Waals surface area contributed by atoms with Gasteiger partial charge in [-0.05, 0) is 77.5 Å². The molecule has 3 fully saturated rings. The second-order valence-electron chi connectivity index (χ2n) is 15.3. The van der Waals surface area contributed by atoms with Crippen molar-refractivity contribution >= 4 is 45.7 Å². The average molecular weight is 774 g/mol. The summed E-state index contributed by atoms with van der Waals surface area (Å²) in [6.45, 7) is 11.6. The Morgan fingerprint density at radius 1 is 1.13 bits per heavy atom. The standard InChI is InChI=1S/C37H48FN5O10S/c1-7-21(3)30(44)15-14-28(39-34(48)53-36(4,5)6)32(46)43-19-24(52-35(49)42-18-22-10-9-11-27(38)26(22)20-42)16-29(43)31(45)40-37(17-23(37)8-2)33(47)41-54(50,51)25-12-13-25/h7-11,23-25,28-29H,2,12-20H2,1,3-6H3,(H,39,48)(H,40,45)(H,41,47)/b21-7+/t23-,24-,28+,29+,37-/m1/s1. The lowest BCUT2D eigenvalue weighted by atomic mass is 10.0. The van der Waals surface area contributed by atoms with Gasteiger partial charge in [-0.1, -0.05) is 24.3 Å². The largest absolute Gasteiger partial charge is 0.444 e. The zero-order valence-corrected chi connectivity index (χ0v) is 31.9. The van der Waals surface area contributed by atoms with Gasteiger partial charge in [0.1, 0.15) is 35.1 Å². The topological polar surface area (TPSA) is 198 Å². The number of nitrogens with zero attached hydrogens (tertiary/aromatic N) is 2. The number of ether oxygens (including phenoxy) is 2. The molecule has 0 spiro atoms.